The van der Waals surface area contributed by atoms with Crippen molar-refractivity contribution in [2.24, 2.45) is 0 Å². The van der Waals surface area contributed by atoms with Crippen LogP contribution in [0.3, 0.4) is 0 Å². The molecule has 0 spiro atoms. The number of hydrogen-bond acceptors (Lipinski definition) is 15. The van der Waals surface area contributed by atoms with Crippen LogP contribution in [0.15, 0.2) is 122 Å². The Bertz CT molecular complexity index is 2440. The molecular weight excluding hydrogens is 1350 g/mol. The first kappa shape index (κ1) is 99.5. The molecule has 0 aromatic rings. The highest BCUT2D eigenvalue weighted by Crippen LogP contribution is 2.45. The predicted molar refractivity (Wildman–Crippen MR) is 427 cm³/mol. The number of carbonyl (C=O) groups is 4. The van der Waals surface area contributed by atoms with E-state index in [0.29, 0.717) is 25.7 Å². The molecule has 0 aliphatic heterocycles. The number of carbonyl (C=O) groups excluding carboxylic acids is 4. The van der Waals surface area contributed by atoms with Crippen molar-refractivity contribution in [2.45, 2.75) is 354 Å². The number of unbranched alkanes of at least 4 members (excludes halogenated alkanes) is 30. The Morgan fingerprint density at radius 3 is 0.769 bits per heavy atom. The Labute approximate surface area is 632 Å². The second-order valence-corrected chi connectivity index (χ2v) is 29.9. The van der Waals surface area contributed by atoms with Gasteiger partial charge in [-0.3, -0.25) is 37.3 Å². The molecule has 0 radical (unpaired) electrons. The second kappa shape index (κ2) is 76.6. The van der Waals surface area contributed by atoms with Crippen molar-refractivity contribution in [3.63, 3.8) is 0 Å². The van der Waals surface area contributed by atoms with Crippen molar-refractivity contribution in [3.8, 4) is 0 Å². The SMILES string of the molecule is CCC=CCC=CCC=CCC=CCCCCCCC(=O)OC[C@H](COP(=O)(O)OCC(O)COP(=O)(O)OC[C@@H](COC(=O)CCCCCCCC=CCC=CCCCCC)OC(=O)CCCCCCCC=CCC=CCCCCC)OC(=O)CCCCCCCCCC=CCC=CCCCCC. The summed E-state index contributed by atoms with van der Waals surface area (Å²) >= 11 is 0. The molecule has 17 nitrogen and oxygen atoms in total. The van der Waals surface area contributed by atoms with Crippen LogP contribution >= 0.6 is 15.6 Å². The maximum atomic E-state index is 13.1. The van der Waals surface area contributed by atoms with Crippen LogP contribution in [-0.2, 0) is 65.4 Å². The Morgan fingerprint density at radius 2 is 0.500 bits per heavy atom. The van der Waals surface area contributed by atoms with Gasteiger partial charge in [0.1, 0.15) is 19.3 Å². The molecule has 0 aliphatic carbocycles. The maximum absolute atomic E-state index is 13.1. The fourth-order valence-corrected chi connectivity index (χ4v) is 12.2. The third-order valence-corrected chi connectivity index (χ3v) is 18.8. The third-order valence-electron chi connectivity index (χ3n) is 16.9. The zero-order chi connectivity index (χ0) is 76.0. The number of rotatable bonds is 76. The van der Waals surface area contributed by atoms with Crippen molar-refractivity contribution in [3.05, 3.63) is 122 Å². The van der Waals surface area contributed by atoms with Crippen molar-refractivity contribution in [1.82, 2.24) is 0 Å². The average molecular weight is 1500 g/mol. The summed E-state index contributed by atoms with van der Waals surface area (Å²) < 4.78 is 68.6. The molecular formula is C85H146O17P2. The van der Waals surface area contributed by atoms with Gasteiger partial charge in [-0.25, -0.2) is 9.13 Å². The molecule has 3 N–H and O–H groups in total. The Kier molecular flexibility index (Phi) is 73.3. The lowest BCUT2D eigenvalue weighted by molar-refractivity contribution is -0.161. The number of esters is 4. The van der Waals surface area contributed by atoms with E-state index >= 15 is 0 Å². The molecule has 0 saturated heterocycles. The van der Waals surface area contributed by atoms with Gasteiger partial charge in [0.25, 0.3) is 0 Å². The Hall–Kier alpha value is -4.54. The number of allylic oxidation sites excluding steroid dienone is 20. The van der Waals surface area contributed by atoms with Gasteiger partial charge in [-0.15, -0.1) is 0 Å². The largest absolute Gasteiger partial charge is 0.472 e. The van der Waals surface area contributed by atoms with Crippen LogP contribution < -0.4 is 0 Å². The smallest absolute Gasteiger partial charge is 0.462 e. The number of hydrogen-bond donors (Lipinski definition) is 3. The van der Waals surface area contributed by atoms with E-state index < -0.39 is 97.5 Å². The number of ether oxygens (including phenoxy) is 4. The molecule has 0 bridgehead atoms. The van der Waals surface area contributed by atoms with Gasteiger partial charge < -0.3 is 33.8 Å². The van der Waals surface area contributed by atoms with Crippen molar-refractivity contribution < 1.29 is 80.2 Å². The molecule has 0 aromatic carbocycles. The standard InChI is InChI=1S/C85H146O17P2/c1-5-9-13-17-21-25-29-33-37-39-43-46-50-54-58-62-66-70-83(88)96-76-81(102-85(90)72-68-64-60-56-52-48-44-40-38-34-30-26-22-18-14-10-6-2)78-100-104(93,94)98-74-79(86)73-97-103(91,92)99-77-80(101-84(89)71-67-63-59-55-51-47-42-36-32-28-24-20-16-12-8-4)75-95-82(87)69-65-61-57-53-49-45-41-35-31-27-23-19-15-11-7-3/h9,13,21-28,33-38,41-43,46,79-81,86H,5-8,10-12,14-20,29-32,39-40,44-45,47-78H2,1-4H3,(H,91,92)(H,93,94)/t79?,80-,81-/m1/s1. The van der Waals surface area contributed by atoms with Gasteiger partial charge in [-0.2, -0.15) is 0 Å². The number of aliphatic hydroxyl groups excluding tert-OH is 1. The summed E-state index contributed by atoms with van der Waals surface area (Å²) in [7, 11) is -9.98. The van der Waals surface area contributed by atoms with Crippen LogP contribution in [0, 0.1) is 0 Å². The molecule has 0 aromatic heterocycles. The fourth-order valence-electron chi connectivity index (χ4n) is 10.7. The second-order valence-electron chi connectivity index (χ2n) is 27.0. The summed E-state index contributed by atoms with van der Waals surface area (Å²) in [6, 6.07) is 0. The van der Waals surface area contributed by atoms with E-state index in [-0.39, 0.29) is 25.7 Å². The van der Waals surface area contributed by atoms with E-state index in [2.05, 4.69) is 149 Å². The minimum atomic E-state index is -4.99. The zero-order valence-electron chi connectivity index (χ0n) is 65.4. The molecule has 0 aliphatic rings. The topological polar surface area (TPSA) is 237 Å². The van der Waals surface area contributed by atoms with Gasteiger partial charge in [0, 0.05) is 25.7 Å². The number of phosphoric acid groups is 2. The van der Waals surface area contributed by atoms with Crippen LogP contribution in [-0.4, -0.2) is 96.7 Å². The summed E-state index contributed by atoms with van der Waals surface area (Å²) in [5.74, 6) is -2.23. The number of phosphoric ester groups is 2. The van der Waals surface area contributed by atoms with E-state index in [0.717, 1.165) is 199 Å². The number of aliphatic hydroxyl groups is 1. The molecule has 0 fully saturated rings. The first-order valence-electron chi connectivity index (χ1n) is 40.8. The zero-order valence-corrected chi connectivity index (χ0v) is 67.2. The first-order chi connectivity index (χ1) is 50.7. The minimum absolute atomic E-state index is 0.0741. The van der Waals surface area contributed by atoms with Gasteiger partial charge in [0.2, 0.25) is 0 Å². The summed E-state index contributed by atoms with van der Waals surface area (Å²) in [5, 5.41) is 10.7. The van der Waals surface area contributed by atoms with Gasteiger partial charge >= 0.3 is 39.5 Å². The van der Waals surface area contributed by atoms with Gasteiger partial charge in [-0.1, -0.05) is 271 Å². The van der Waals surface area contributed by atoms with Crippen molar-refractivity contribution in [2.75, 3.05) is 39.6 Å². The molecule has 19 heteroatoms. The monoisotopic (exact) mass is 1500 g/mol. The lowest BCUT2D eigenvalue weighted by Gasteiger charge is -2.21. The molecule has 0 rings (SSSR count). The summed E-state index contributed by atoms with van der Waals surface area (Å²) in [5.41, 5.74) is 0. The molecule has 5 atom stereocenters. The van der Waals surface area contributed by atoms with E-state index in [1.165, 1.54) is 57.8 Å². The highest BCUT2D eigenvalue weighted by molar-refractivity contribution is 7.47. The normalized spacial score (nSPS) is 14.5. The predicted octanol–water partition coefficient (Wildman–Crippen LogP) is 23.9. The van der Waals surface area contributed by atoms with Crippen LogP contribution in [0.1, 0.15) is 336 Å². The quantitative estimate of drug-likeness (QED) is 0.0169. The van der Waals surface area contributed by atoms with Crippen LogP contribution in [0.5, 0.6) is 0 Å². The van der Waals surface area contributed by atoms with E-state index in [4.69, 9.17) is 37.0 Å². The summed E-state index contributed by atoms with van der Waals surface area (Å²) in [4.78, 5) is 73.1. The van der Waals surface area contributed by atoms with Gasteiger partial charge in [0.15, 0.2) is 12.2 Å². The molecule has 598 valence electrons. The van der Waals surface area contributed by atoms with E-state index in [1.807, 2.05) is 0 Å². The van der Waals surface area contributed by atoms with Gasteiger partial charge in [-0.05, 0) is 161 Å². The van der Waals surface area contributed by atoms with E-state index in [1.54, 1.807) is 0 Å². The van der Waals surface area contributed by atoms with Crippen LogP contribution in [0.4, 0.5) is 0 Å². The average Bonchev–Trinajstić information content (AvgIpc) is 0.926. The molecule has 0 amide bonds. The van der Waals surface area contributed by atoms with Crippen LogP contribution in [0.2, 0.25) is 0 Å². The highest BCUT2D eigenvalue weighted by Gasteiger charge is 2.30. The van der Waals surface area contributed by atoms with E-state index in [9.17, 15) is 43.2 Å². The lowest BCUT2D eigenvalue weighted by atomic mass is 10.1. The molecule has 104 heavy (non-hydrogen) atoms. The minimum Gasteiger partial charge on any atom is -0.462 e. The Morgan fingerprint density at radius 1 is 0.279 bits per heavy atom. The summed E-state index contributed by atoms with van der Waals surface area (Å²) in [6.45, 7) is 4.65. The lowest BCUT2D eigenvalue weighted by Crippen LogP contribution is -2.30. The summed E-state index contributed by atoms with van der Waals surface area (Å²) in [6.07, 6.45) is 84.4. The third kappa shape index (κ3) is 75.7. The van der Waals surface area contributed by atoms with Crippen molar-refractivity contribution >= 4 is 39.5 Å². The fraction of sp³-hybridized carbons (Fsp3) is 0.718. The maximum Gasteiger partial charge on any atom is 0.472 e. The Balaban J connectivity index is 5.42. The molecule has 0 saturated carbocycles. The highest BCUT2D eigenvalue weighted by atomic mass is 31.2. The molecule has 3 unspecified atom stereocenters. The van der Waals surface area contributed by atoms with Crippen LogP contribution in [0.25, 0.3) is 0 Å². The first-order valence-corrected chi connectivity index (χ1v) is 43.8. The van der Waals surface area contributed by atoms with Crippen molar-refractivity contribution in [1.29, 1.82) is 0 Å². The molecule has 0 heterocycles. The van der Waals surface area contributed by atoms with Gasteiger partial charge in [0.05, 0.1) is 26.4 Å².